The molecule has 156 valence electrons. The van der Waals surface area contributed by atoms with Gasteiger partial charge in [-0.25, -0.2) is 4.79 Å². The van der Waals surface area contributed by atoms with E-state index in [9.17, 15) is 9.59 Å². The van der Waals surface area contributed by atoms with Crippen LogP contribution in [-0.2, 0) is 11.3 Å². The summed E-state index contributed by atoms with van der Waals surface area (Å²) in [6, 6.07) is 16.9. The second-order valence-electron chi connectivity index (χ2n) is 6.91. The summed E-state index contributed by atoms with van der Waals surface area (Å²) in [5.74, 6) is 0.00373. The molecule has 0 aliphatic heterocycles. The monoisotopic (exact) mass is 406 g/mol. The van der Waals surface area contributed by atoms with Crippen LogP contribution < -0.4 is 10.1 Å². The predicted molar refractivity (Wildman–Crippen MR) is 116 cm³/mol. The van der Waals surface area contributed by atoms with Crippen LogP contribution in [0.3, 0.4) is 0 Å². The average molecular weight is 406 g/mol. The molecule has 1 aromatic heterocycles. The SMILES string of the molecule is CCOC(=O)c1c(C)c(C(=O)Nc2ccc(OC)cc2)c(C)n1Cc1ccccc1. The third kappa shape index (κ3) is 4.38. The Morgan fingerprint density at radius 3 is 2.27 bits per heavy atom. The van der Waals surface area contributed by atoms with Gasteiger partial charge in [-0.05, 0) is 56.2 Å². The number of hydrogen-bond acceptors (Lipinski definition) is 4. The number of ether oxygens (including phenoxy) is 2. The molecule has 0 unspecified atom stereocenters. The number of rotatable bonds is 7. The van der Waals surface area contributed by atoms with E-state index in [2.05, 4.69) is 5.32 Å². The molecule has 6 nitrogen and oxygen atoms in total. The van der Waals surface area contributed by atoms with Crippen LogP contribution in [0.5, 0.6) is 5.75 Å². The Balaban J connectivity index is 1.99. The fourth-order valence-corrected chi connectivity index (χ4v) is 3.52. The van der Waals surface area contributed by atoms with Gasteiger partial charge in [0.15, 0.2) is 0 Å². The van der Waals surface area contributed by atoms with E-state index in [4.69, 9.17) is 9.47 Å². The number of nitrogens with zero attached hydrogens (tertiary/aromatic N) is 1. The summed E-state index contributed by atoms with van der Waals surface area (Å²) in [5.41, 5.74) is 3.87. The lowest BCUT2D eigenvalue weighted by molar-refractivity contribution is 0.0513. The Labute approximate surface area is 176 Å². The number of amides is 1. The number of carbonyl (C=O) groups is 2. The summed E-state index contributed by atoms with van der Waals surface area (Å²) >= 11 is 0. The van der Waals surface area contributed by atoms with Crippen molar-refractivity contribution in [1.82, 2.24) is 4.57 Å². The van der Waals surface area contributed by atoms with Crippen LogP contribution in [0.1, 0.15) is 44.6 Å². The van der Waals surface area contributed by atoms with Crippen LogP contribution in [0.25, 0.3) is 0 Å². The lowest BCUT2D eigenvalue weighted by atomic mass is 10.1. The van der Waals surface area contributed by atoms with Crippen LogP contribution >= 0.6 is 0 Å². The molecule has 3 rings (SSSR count). The fourth-order valence-electron chi connectivity index (χ4n) is 3.52. The Bertz CT molecular complexity index is 1040. The van der Waals surface area contributed by atoms with Crippen molar-refractivity contribution in [2.45, 2.75) is 27.3 Å². The van der Waals surface area contributed by atoms with Crippen LogP contribution in [0.15, 0.2) is 54.6 Å². The molecular formula is C24H26N2O4. The summed E-state index contributed by atoms with van der Waals surface area (Å²) in [7, 11) is 1.59. The first-order chi connectivity index (χ1) is 14.5. The Morgan fingerprint density at radius 1 is 1.00 bits per heavy atom. The van der Waals surface area contributed by atoms with Gasteiger partial charge in [-0.1, -0.05) is 30.3 Å². The number of benzene rings is 2. The van der Waals surface area contributed by atoms with Crippen LogP contribution in [0.4, 0.5) is 5.69 Å². The molecule has 6 heteroatoms. The topological polar surface area (TPSA) is 69.6 Å². The molecule has 1 heterocycles. The number of anilines is 1. The van der Waals surface area contributed by atoms with Gasteiger partial charge in [0.25, 0.3) is 5.91 Å². The molecule has 0 bridgehead atoms. The van der Waals surface area contributed by atoms with Crippen molar-refractivity contribution in [3.05, 3.63) is 82.7 Å². The first-order valence-electron chi connectivity index (χ1n) is 9.82. The van der Waals surface area contributed by atoms with Gasteiger partial charge in [-0.15, -0.1) is 0 Å². The lowest BCUT2D eigenvalue weighted by Crippen LogP contribution is -2.15. The number of esters is 1. The summed E-state index contributed by atoms with van der Waals surface area (Å²) in [6.07, 6.45) is 0. The lowest BCUT2D eigenvalue weighted by Gasteiger charge is -2.12. The maximum atomic E-state index is 13.1. The Hall–Kier alpha value is -3.54. The minimum atomic E-state index is -0.433. The molecule has 1 amide bonds. The van der Waals surface area contributed by atoms with Gasteiger partial charge in [0.2, 0.25) is 0 Å². The molecule has 0 atom stereocenters. The Morgan fingerprint density at radius 2 is 1.67 bits per heavy atom. The second kappa shape index (κ2) is 9.31. The van der Waals surface area contributed by atoms with Gasteiger partial charge in [0.05, 0.1) is 19.3 Å². The van der Waals surface area contributed by atoms with E-state index < -0.39 is 5.97 Å². The highest BCUT2D eigenvalue weighted by molar-refractivity contribution is 6.08. The summed E-state index contributed by atoms with van der Waals surface area (Å²) < 4.78 is 12.3. The number of aromatic nitrogens is 1. The van der Waals surface area contributed by atoms with E-state index in [0.717, 1.165) is 5.56 Å². The molecule has 1 N–H and O–H groups in total. The van der Waals surface area contributed by atoms with Crippen LogP contribution in [-0.4, -0.2) is 30.2 Å². The predicted octanol–water partition coefficient (Wildman–Crippen LogP) is 4.59. The van der Waals surface area contributed by atoms with Gasteiger partial charge in [0.1, 0.15) is 11.4 Å². The molecule has 0 aliphatic carbocycles. The van der Waals surface area contributed by atoms with Crippen molar-refractivity contribution >= 4 is 17.6 Å². The highest BCUT2D eigenvalue weighted by Crippen LogP contribution is 2.26. The third-order valence-corrected chi connectivity index (χ3v) is 4.99. The van der Waals surface area contributed by atoms with E-state index in [1.165, 1.54) is 0 Å². The molecule has 0 aliphatic rings. The average Bonchev–Trinajstić information content (AvgIpc) is 2.99. The largest absolute Gasteiger partial charge is 0.497 e. The molecule has 0 fully saturated rings. The van der Waals surface area contributed by atoms with E-state index in [1.54, 1.807) is 45.2 Å². The van der Waals surface area contributed by atoms with Crippen molar-refractivity contribution in [1.29, 1.82) is 0 Å². The highest BCUT2D eigenvalue weighted by atomic mass is 16.5. The first-order valence-corrected chi connectivity index (χ1v) is 9.82. The number of nitrogens with one attached hydrogen (secondary N) is 1. The minimum Gasteiger partial charge on any atom is -0.497 e. The van der Waals surface area contributed by atoms with E-state index in [-0.39, 0.29) is 12.5 Å². The maximum absolute atomic E-state index is 13.1. The number of methoxy groups -OCH3 is 1. The highest BCUT2D eigenvalue weighted by Gasteiger charge is 2.27. The quantitative estimate of drug-likeness (QED) is 0.583. The Kier molecular flexibility index (Phi) is 6.57. The maximum Gasteiger partial charge on any atom is 0.355 e. The van der Waals surface area contributed by atoms with E-state index in [1.807, 2.05) is 41.8 Å². The molecule has 30 heavy (non-hydrogen) atoms. The van der Waals surface area contributed by atoms with Gasteiger partial charge < -0.3 is 19.4 Å². The summed E-state index contributed by atoms with van der Waals surface area (Å²) in [5, 5.41) is 2.91. The van der Waals surface area contributed by atoms with E-state index >= 15 is 0 Å². The van der Waals surface area contributed by atoms with Crippen molar-refractivity contribution < 1.29 is 19.1 Å². The van der Waals surface area contributed by atoms with Crippen molar-refractivity contribution in [3.63, 3.8) is 0 Å². The van der Waals surface area contributed by atoms with Crippen LogP contribution in [0.2, 0.25) is 0 Å². The normalized spacial score (nSPS) is 10.5. The minimum absolute atomic E-state index is 0.265. The van der Waals surface area contributed by atoms with Gasteiger partial charge in [-0.3, -0.25) is 4.79 Å². The molecular weight excluding hydrogens is 380 g/mol. The van der Waals surface area contributed by atoms with Crippen molar-refractivity contribution in [3.8, 4) is 5.75 Å². The number of carbonyl (C=O) groups excluding carboxylic acids is 2. The summed E-state index contributed by atoms with van der Waals surface area (Å²) in [6.45, 7) is 6.13. The first kappa shape index (κ1) is 21.2. The van der Waals surface area contributed by atoms with Crippen molar-refractivity contribution in [2.75, 3.05) is 19.0 Å². The van der Waals surface area contributed by atoms with E-state index in [0.29, 0.717) is 40.5 Å². The smallest absolute Gasteiger partial charge is 0.355 e. The van der Waals surface area contributed by atoms with Crippen LogP contribution in [0, 0.1) is 13.8 Å². The second-order valence-corrected chi connectivity index (χ2v) is 6.91. The molecule has 0 spiro atoms. The standard InChI is InChI=1S/C24H26N2O4/c1-5-30-24(28)22-16(2)21(17(3)26(22)15-18-9-7-6-8-10-18)23(27)25-19-11-13-20(29-4)14-12-19/h6-14H,5,15H2,1-4H3,(H,25,27). The zero-order valence-corrected chi connectivity index (χ0v) is 17.7. The third-order valence-electron chi connectivity index (χ3n) is 4.99. The van der Waals surface area contributed by atoms with Gasteiger partial charge in [0, 0.05) is 17.9 Å². The zero-order chi connectivity index (χ0) is 21.7. The van der Waals surface area contributed by atoms with Gasteiger partial charge in [-0.2, -0.15) is 0 Å². The van der Waals surface area contributed by atoms with Crippen molar-refractivity contribution in [2.24, 2.45) is 0 Å². The van der Waals surface area contributed by atoms with Gasteiger partial charge >= 0.3 is 5.97 Å². The fraction of sp³-hybridized carbons (Fsp3) is 0.250. The molecule has 2 aromatic carbocycles. The molecule has 0 saturated carbocycles. The molecule has 0 saturated heterocycles. The summed E-state index contributed by atoms with van der Waals surface area (Å²) in [4.78, 5) is 25.8. The zero-order valence-electron chi connectivity index (χ0n) is 17.7. The number of hydrogen-bond donors (Lipinski definition) is 1. The molecule has 0 radical (unpaired) electrons. The molecule has 3 aromatic rings.